The van der Waals surface area contributed by atoms with Gasteiger partial charge in [0.05, 0.1) is 30.6 Å². The first-order valence-corrected chi connectivity index (χ1v) is 13.0. The fourth-order valence-corrected chi connectivity index (χ4v) is 4.65. The average molecular weight is 521 g/mol. The molecule has 2 aromatic heterocycles. The van der Waals surface area contributed by atoms with E-state index >= 15 is 0 Å². The number of allylic oxidation sites excluding steroid dienone is 1. The van der Waals surface area contributed by atoms with Crippen LogP contribution in [0.25, 0.3) is 16.5 Å². The van der Waals surface area contributed by atoms with E-state index in [2.05, 4.69) is 62.2 Å². The summed E-state index contributed by atoms with van der Waals surface area (Å²) in [5.41, 5.74) is 7.01. The number of aliphatic imine (C=N–C) groups is 1. The summed E-state index contributed by atoms with van der Waals surface area (Å²) in [7, 11) is 0. The smallest absolute Gasteiger partial charge is 0.276 e. The van der Waals surface area contributed by atoms with Crippen molar-refractivity contribution in [3.8, 4) is 0 Å². The van der Waals surface area contributed by atoms with Gasteiger partial charge in [-0.3, -0.25) is 24.8 Å². The number of nitrogens with one attached hydrogen (secondary N) is 2. The summed E-state index contributed by atoms with van der Waals surface area (Å²) in [5, 5.41) is 11.0. The molecule has 4 aromatic rings. The second-order valence-corrected chi connectivity index (χ2v) is 9.59. The lowest BCUT2D eigenvalue weighted by Gasteiger charge is -2.26. The van der Waals surface area contributed by atoms with Crippen molar-refractivity contribution in [2.45, 2.75) is 13.3 Å². The predicted molar refractivity (Wildman–Crippen MR) is 156 cm³/mol. The predicted octanol–water partition coefficient (Wildman–Crippen LogP) is 5.12. The molecule has 3 heterocycles. The molecule has 8 heteroatoms. The van der Waals surface area contributed by atoms with Gasteiger partial charge in [0.25, 0.3) is 5.91 Å². The number of hydrogen-bond donors (Lipinski definition) is 2. The van der Waals surface area contributed by atoms with Crippen molar-refractivity contribution in [1.82, 2.24) is 20.1 Å². The lowest BCUT2D eigenvalue weighted by molar-refractivity contribution is 0.0426. The summed E-state index contributed by atoms with van der Waals surface area (Å²) < 4.78 is 5.46. The highest BCUT2D eigenvalue weighted by atomic mass is 16.5. The molecule has 198 valence electrons. The summed E-state index contributed by atoms with van der Waals surface area (Å²) in [5.74, 6) is -0.290. The third-order valence-electron chi connectivity index (χ3n) is 6.71. The molecule has 0 bridgehead atoms. The van der Waals surface area contributed by atoms with Gasteiger partial charge in [0.1, 0.15) is 0 Å². The van der Waals surface area contributed by atoms with Gasteiger partial charge in [-0.2, -0.15) is 5.10 Å². The number of carbonyl (C=O) groups is 1. The van der Waals surface area contributed by atoms with Gasteiger partial charge < -0.3 is 10.1 Å². The van der Waals surface area contributed by atoms with E-state index in [0.29, 0.717) is 11.4 Å². The van der Waals surface area contributed by atoms with E-state index in [0.717, 1.165) is 72.6 Å². The summed E-state index contributed by atoms with van der Waals surface area (Å²) >= 11 is 0. The van der Waals surface area contributed by atoms with E-state index in [9.17, 15) is 4.79 Å². The second kappa shape index (κ2) is 12.4. The Bertz CT molecular complexity index is 1500. The van der Waals surface area contributed by atoms with Crippen molar-refractivity contribution in [3.05, 3.63) is 107 Å². The Balaban J connectivity index is 1.30. The SMILES string of the molecule is C=N/C=C(\C=C(/C)c1ccc2[nH]nc(C(=O)Nc3ccc(Cc4ccccc4)nc3)c2c1)CN1CCOCC1. The van der Waals surface area contributed by atoms with Gasteiger partial charge in [-0.1, -0.05) is 42.5 Å². The lowest BCUT2D eigenvalue weighted by atomic mass is 10.0. The van der Waals surface area contributed by atoms with Crippen LogP contribution < -0.4 is 5.32 Å². The number of pyridine rings is 1. The van der Waals surface area contributed by atoms with Crippen LogP contribution in [0.3, 0.4) is 0 Å². The monoisotopic (exact) mass is 520 g/mol. The minimum atomic E-state index is -0.290. The van der Waals surface area contributed by atoms with Crippen molar-refractivity contribution in [2.24, 2.45) is 4.99 Å². The first-order valence-electron chi connectivity index (χ1n) is 13.0. The molecule has 39 heavy (non-hydrogen) atoms. The average Bonchev–Trinajstić information content (AvgIpc) is 3.39. The topological polar surface area (TPSA) is 95.5 Å². The number of carbonyl (C=O) groups excluding carboxylic acids is 1. The molecule has 1 amide bonds. The Labute approximate surface area is 228 Å². The highest BCUT2D eigenvalue weighted by molar-refractivity contribution is 6.11. The van der Waals surface area contributed by atoms with Gasteiger partial charge in [0.2, 0.25) is 0 Å². The van der Waals surface area contributed by atoms with Gasteiger partial charge in [0.15, 0.2) is 5.69 Å². The molecular formula is C31H32N6O2. The minimum Gasteiger partial charge on any atom is -0.379 e. The maximum absolute atomic E-state index is 13.2. The number of morpholine rings is 1. The van der Waals surface area contributed by atoms with Crippen LogP contribution in [0.15, 0.2) is 89.7 Å². The Hall–Kier alpha value is -4.40. The molecule has 0 atom stereocenters. The highest BCUT2D eigenvalue weighted by Gasteiger charge is 2.16. The van der Waals surface area contributed by atoms with Gasteiger partial charge in [-0.25, -0.2) is 0 Å². The van der Waals surface area contributed by atoms with Crippen LogP contribution in [-0.4, -0.2) is 65.6 Å². The van der Waals surface area contributed by atoms with Crippen molar-refractivity contribution in [3.63, 3.8) is 0 Å². The van der Waals surface area contributed by atoms with Crippen LogP contribution in [0.4, 0.5) is 5.69 Å². The Morgan fingerprint density at radius 2 is 1.97 bits per heavy atom. The van der Waals surface area contributed by atoms with Crippen LogP contribution >= 0.6 is 0 Å². The number of rotatable bonds is 9. The first-order chi connectivity index (χ1) is 19.1. The number of aromatic nitrogens is 3. The normalized spacial score (nSPS) is 14.9. The molecule has 0 spiro atoms. The molecular weight excluding hydrogens is 488 g/mol. The number of aromatic amines is 1. The number of nitrogens with zero attached hydrogens (tertiary/aromatic N) is 4. The molecule has 1 aliphatic rings. The van der Waals surface area contributed by atoms with E-state index in [1.54, 1.807) is 12.4 Å². The summed E-state index contributed by atoms with van der Waals surface area (Å²) in [6, 6.07) is 19.9. The number of hydrogen-bond acceptors (Lipinski definition) is 6. The molecule has 1 saturated heterocycles. The fourth-order valence-electron chi connectivity index (χ4n) is 4.65. The maximum atomic E-state index is 13.2. The van der Waals surface area contributed by atoms with Crippen molar-refractivity contribution < 1.29 is 9.53 Å². The Morgan fingerprint density at radius 3 is 2.72 bits per heavy atom. The van der Waals surface area contributed by atoms with Gasteiger partial charge in [0, 0.05) is 43.3 Å². The van der Waals surface area contributed by atoms with Gasteiger partial charge in [-0.05, 0) is 60.2 Å². The third kappa shape index (κ3) is 6.73. The molecule has 0 unspecified atom stereocenters. The van der Waals surface area contributed by atoms with Crippen molar-refractivity contribution >= 4 is 34.8 Å². The van der Waals surface area contributed by atoms with Gasteiger partial charge in [-0.15, -0.1) is 0 Å². The van der Waals surface area contributed by atoms with Crippen LogP contribution in [0, 0.1) is 0 Å². The third-order valence-corrected chi connectivity index (χ3v) is 6.71. The number of amides is 1. The zero-order valence-electron chi connectivity index (χ0n) is 22.1. The van der Waals surface area contributed by atoms with E-state index in [1.165, 1.54) is 5.56 Å². The Morgan fingerprint density at radius 1 is 1.15 bits per heavy atom. The molecule has 2 aromatic carbocycles. The van der Waals surface area contributed by atoms with Crippen LogP contribution in [0.2, 0.25) is 0 Å². The number of fused-ring (bicyclic) bond motifs is 1. The quantitative estimate of drug-likeness (QED) is 0.236. The summed E-state index contributed by atoms with van der Waals surface area (Å²) in [6.07, 6.45) is 6.33. The number of anilines is 1. The van der Waals surface area contributed by atoms with Gasteiger partial charge >= 0.3 is 0 Å². The minimum absolute atomic E-state index is 0.290. The maximum Gasteiger partial charge on any atom is 0.276 e. The molecule has 2 N–H and O–H groups in total. The van der Waals surface area contributed by atoms with Crippen LogP contribution in [-0.2, 0) is 11.2 Å². The fraction of sp³-hybridized carbons (Fsp3) is 0.226. The van der Waals surface area contributed by atoms with E-state index in [1.807, 2.05) is 48.5 Å². The van der Waals surface area contributed by atoms with Crippen molar-refractivity contribution in [2.75, 3.05) is 38.2 Å². The molecule has 0 saturated carbocycles. The Kier molecular flexibility index (Phi) is 8.36. The second-order valence-electron chi connectivity index (χ2n) is 9.59. The molecule has 0 aliphatic carbocycles. The highest BCUT2D eigenvalue weighted by Crippen LogP contribution is 2.24. The number of H-pyrrole nitrogens is 1. The zero-order chi connectivity index (χ0) is 27.0. The summed E-state index contributed by atoms with van der Waals surface area (Å²) in [6.45, 7) is 9.75. The lowest BCUT2D eigenvalue weighted by Crippen LogP contribution is -2.37. The van der Waals surface area contributed by atoms with E-state index in [-0.39, 0.29) is 5.91 Å². The molecule has 8 nitrogen and oxygen atoms in total. The largest absolute Gasteiger partial charge is 0.379 e. The zero-order valence-corrected chi connectivity index (χ0v) is 22.1. The van der Waals surface area contributed by atoms with E-state index < -0.39 is 0 Å². The standard InChI is InChI=1S/C31H32N6O2/c1-22(16-24(19-32-2)21-37-12-14-39-15-13-37)25-8-11-29-28(18-25)30(36-35-29)31(38)34-27-10-9-26(33-20-27)17-23-6-4-3-5-7-23/h3-11,16,18-20H,2,12-15,17,21H2,1H3,(H,34,38)(H,35,36)/b22-16+,24-19+. The van der Waals surface area contributed by atoms with Crippen molar-refractivity contribution in [1.29, 1.82) is 0 Å². The molecule has 1 fully saturated rings. The van der Waals surface area contributed by atoms with Crippen LogP contribution in [0.1, 0.15) is 34.2 Å². The number of ether oxygens (including phenoxy) is 1. The van der Waals surface area contributed by atoms with E-state index in [4.69, 9.17) is 4.74 Å². The summed E-state index contributed by atoms with van der Waals surface area (Å²) in [4.78, 5) is 24.0. The molecule has 5 rings (SSSR count). The molecule has 0 radical (unpaired) electrons. The molecule has 1 aliphatic heterocycles. The first kappa shape index (κ1) is 26.2. The van der Waals surface area contributed by atoms with Crippen LogP contribution in [0.5, 0.6) is 0 Å². The number of benzene rings is 2.